The molecule has 2 fully saturated rings. The van der Waals surface area contributed by atoms with Crippen molar-refractivity contribution in [2.24, 2.45) is 0 Å². The number of carbonyl (C=O) groups excluding carboxylic acids is 2. The van der Waals surface area contributed by atoms with Crippen LogP contribution >= 0.6 is 0 Å². The number of fused-ring (bicyclic) bond motifs is 1. The van der Waals surface area contributed by atoms with E-state index in [9.17, 15) is 14.7 Å². The van der Waals surface area contributed by atoms with Crippen LogP contribution in [0.5, 0.6) is 0 Å². The van der Waals surface area contributed by atoms with E-state index in [1.54, 1.807) is 0 Å². The quantitative estimate of drug-likeness (QED) is 0.466. The van der Waals surface area contributed by atoms with Crippen molar-refractivity contribution in [1.82, 2.24) is 5.06 Å². The summed E-state index contributed by atoms with van der Waals surface area (Å²) in [5, 5.41) is 10.9. The largest absolute Gasteiger partial charge is 0.469 e. The van der Waals surface area contributed by atoms with Crippen LogP contribution in [0, 0.1) is 0 Å². The number of methoxy groups -OCH3 is 1. The van der Waals surface area contributed by atoms with Gasteiger partial charge in [0.1, 0.15) is 6.42 Å². The first kappa shape index (κ1) is 9.42. The van der Waals surface area contributed by atoms with Gasteiger partial charge in [0.15, 0.2) is 0 Å². The SMILES string of the molecule is COC(=O)C[C@]1(O)C[C@@H]2CC(=O)N2O1. The van der Waals surface area contributed by atoms with Gasteiger partial charge in [-0.3, -0.25) is 9.59 Å². The minimum Gasteiger partial charge on any atom is -0.469 e. The van der Waals surface area contributed by atoms with Gasteiger partial charge in [-0.25, -0.2) is 9.90 Å². The number of carbonyl (C=O) groups is 2. The molecule has 2 saturated heterocycles. The van der Waals surface area contributed by atoms with Crippen LogP contribution in [0.3, 0.4) is 0 Å². The normalized spacial score (nSPS) is 35.1. The Morgan fingerprint density at radius 2 is 2.57 bits per heavy atom. The molecule has 0 aliphatic carbocycles. The zero-order chi connectivity index (χ0) is 10.3. The van der Waals surface area contributed by atoms with Crippen molar-refractivity contribution in [3.05, 3.63) is 0 Å². The third-order valence-corrected chi connectivity index (χ3v) is 2.46. The van der Waals surface area contributed by atoms with Crippen molar-refractivity contribution >= 4 is 11.9 Å². The van der Waals surface area contributed by atoms with Crippen LogP contribution in [0.25, 0.3) is 0 Å². The molecule has 14 heavy (non-hydrogen) atoms. The lowest BCUT2D eigenvalue weighted by atomic mass is 9.97. The van der Waals surface area contributed by atoms with Gasteiger partial charge < -0.3 is 9.84 Å². The Bertz CT molecular complexity index is 291. The Morgan fingerprint density at radius 1 is 1.86 bits per heavy atom. The molecule has 2 aliphatic heterocycles. The summed E-state index contributed by atoms with van der Waals surface area (Å²) >= 11 is 0. The van der Waals surface area contributed by atoms with Crippen molar-refractivity contribution < 1.29 is 24.3 Å². The monoisotopic (exact) mass is 201 g/mol. The number of rotatable bonds is 2. The van der Waals surface area contributed by atoms with E-state index >= 15 is 0 Å². The Morgan fingerprint density at radius 3 is 3.07 bits per heavy atom. The van der Waals surface area contributed by atoms with Gasteiger partial charge in [-0.05, 0) is 0 Å². The first-order chi connectivity index (χ1) is 6.54. The summed E-state index contributed by atoms with van der Waals surface area (Å²) in [6.07, 6.45) is 0.404. The van der Waals surface area contributed by atoms with Crippen molar-refractivity contribution in [3.8, 4) is 0 Å². The predicted octanol–water partition coefficient (Wildman–Crippen LogP) is -0.826. The zero-order valence-electron chi connectivity index (χ0n) is 7.73. The highest BCUT2D eigenvalue weighted by molar-refractivity contribution is 5.82. The summed E-state index contributed by atoms with van der Waals surface area (Å²) in [4.78, 5) is 26.8. The molecular formula is C8H11NO5. The number of nitrogens with zero attached hydrogens (tertiary/aromatic N) is 1. The minimum atomic E-state index is -1.57. The average molecular weight is 201 g/mol. The molecule has 0 radical (unpaired) electrons. The summed E-state index contributed by atoms with van der Waals surface area (Å²) in [7, 11) is 1.24. The molecule has 6 nitrogen and oxygen atoms in total. The second-order valence-electron chi connectivity index (χ2n) is 3.57. The molecule has 0 aromatic carbocycles. The number of esters is 1. The van der Waals surface area contributed by atoms with E-state index in [-0.39, 0.29) is 24.8 Å². The first-order valence-corrected chi connectivity index (χ1v) is 4.34. The van der Waals surface area contributed by atoms with Crippen molar-refractivity contribution in [2.45, 2.75) is 31.1 Å². The molecule has 78 valence electrons. The Labute approximate surface area is 80.3 Å². The van der Waals surface area contributed by atoms with E-state index in [0.717, 1.165) is 5.06 Å². The number of hydrogen-bond acceptors (Lipinski definition) is 5. The van der Waals surface area contributed by atoms with Crippen LogP contribution in [0.15, 0.2) is 0 Å². The second kappa shape index (κ2) is 2.93. The maximum atomic E-state index is 10.9. The van der Waals surface area contributed by atoms with Crippen molar-refractivity contribution in [2.75, 3.05) is 7.11 Å². The Balaban J connectivity index is 1.98. The lowest BCUT2D eigenvalue weighted by molar-refractivity contribution is -0.288. The summed E-state index contributed by atoms with van der Waals surface area (Å²) in [6, 6.07) is -0.0860. The fraction of sp³-hybridized carbons (Fsp3) is 0.750. The molecule has 0 unspecified atom stereocenters. The number of hydroxylamine groups is 2. The maximum Gasteiger partial charge on any atom is 0.311 e. The van der Waals surface area contributed by atoms with Gasteiger partial charge in [0.2, 0.25) is 11.7 Å². The van der Waals surface area contributed by atoms with Crippen LogP contribution in [-0.2, 0) is 19.2 Å². The smallest absolute Gasteiger partial charge is 0.311 e. The molecule has 0 aromatic rings. The molecule has 0 spiro atoms. The van der Waals surface area contributed by atoms with E-state index in [0.29, 0.717) is 6.42 Å². The topological polar surface area (TPSA) is 76.1 Å². The van der Waals surface area contributed by atoms with Gasteiger partial charge in [0, 0.05) is 6.42 Å². The van der Waals surface area contributed by atoms with Crippen LogP contribution < -0.4 is 0 Å². The highest BCUT2D eigenvalue weighted by atomic mass is 16.8. The molecular weight excluding hydrogens is 190 g/mol. The van der Waals surface area contributed by atoms with Crippen LogP contribution in [-0.4, -0.2) is 41.0 Å². The van der Waals surface area contributed by atoms with Crippen LogP contribution in [0.1, 0.15) is 19.3 Å². The average Bonchev–Trinajstić information content (AvgIpc) is 2.39. The number of ether oxygens (including phenoxy) is 1. The third kappa shape index (κ3) is 1.36. The summed E-state index contributed by atoms with van der Waals surface area (Å²) in [5.41, 5.74) is 0. The zero-order valence-corrected chi connectivity index (χ0v) is 7.73. The van der Waals surface area contributed by atoms with Crippen molar-refractivity contribution in [1.29, 1.82) is 0 Å². The first-order valence-electron chi connectivity index (χ1n) is 4.34. The minimum absolute atomic E-state index is 0.0860. The molecule has 6 heteroatoms. The highest BCUT2D eigenvalue weighted by Gasteiger charge is 2.54. The predicted molar refractivity (Wildman–Crippen MR) is 42.5 cm³/mol. The molecule has 0 saturated carbocycles. The lowest BCUT2D eigenvalue weighted by Crippen LogP contribution is -2.47. The molecule has 2 heterocycles. The van der Waals surface area contributed by atoms with Gasteiger partial charge in [0.05, 0.1) is 19.6 Å². The molecule has 2 aliphatic rings. The number of amides is 1. The van der Waals surface area contributed by atoms with E-state index < -0.39 is 11.8 Å². The third-order valence-electron chi connectivity index (χ3n) is 2.46. The van der Waals surface area contributed by atoms with E-state index in [1.807, 2.05) is 0 Å². The molecule has 2 atom stereocenters. The molecule has 2 rings (SSSR count). The molecule has 0 aromatic heterocycles. The number of aliphatic hydroxyl groups is 1. The second-order valence-corrected chi connectivity index (χ2v) is 3.57. The molecule has 1 amide bonds. The van der Waals surface area contributed by atoms with E-state index in [4.69, 9.17) is 4.84 Å². The summed E-state index contributed by atoms with van der Waals surface area (Å²) in [5.74, 6) is -2.28. The van der Waals surface area contributed by atoms with Crippen molar-refractivity contribution in [3.63, 3.8) is 0 Å². The fourth-order valence-electron chi connectivity index (χ4n) is 1.74. The van der Waals surface area contributed by atoms with Gasteiger partial charge >= 0.3 is 5.97 Å². The summed E-state index contributed by atoms with van der Waals surface area (Å²) in [6.45, 7) is 0. The van der Waals surface area contributed by atoms with Gasteiger partial charge in [-0.1, -0.05) is 0 Å². The summed E-state index contributed by atoms with van der Waals surface area (Å²) < 4.78 is 4.41. The Kier molecular flexibility index (Phi) is 1.97. The van der Waals surface area contributed by atoms with Gasteiger partial charge in [0.25, 0.3) is 0 Å². The van der Waals surface area contributed by atoms with Crippen LogP contribution in [0.2, 0.25) is 0 Å². The molecule has 0 bridgehead atoms. The maximum absolute atomic E-state index is 10.9. The fourth-order valence-corrected chi connectivity index (χ4v) is 1.74. The number of β-lactam (4-membered cyclic amide) rings is 1. The van der Waals surface area contributed by atoms with E-state index in [2.05, 4.69) is 4.74 Å². The van der Waals surface area contributed by atoms with E-state index in [1.165, 1.54) is 7.11 Å². The highest BCUT2D eigenvalue weighted by Crippen LogP contribution is 2.39. The molecule has 1 N–H and O–H groups in total. The van der Waals surface area contributed by atoms with Gasteiger partial charge in [-0.2, -0.15) is 0 Å². The van der Waals surface area contributed by atoms with Gasteiger partial charge in [-0.15, -0.1) is 0 Å². The lowest BCUT2D eigenvalue weighted by Gasteiger charge is -2.31. The standard InChI is InChI=1S/C8H11NO5/c1-13-7(11)4-8(12)3-5-2-6(10)9(5)14-8/h5,12H,2-4H2,1H3/t5-,8-/m0/s1. The number of hydrogen-bond donors (Lipinski definition) is 1. The Hall–Kier alpha value is -1.14. The van der Waals surface area contributed by atoms with Crippen LogP contribution in [0.4, 0.5) is 0 Å².